The second-order valence-corrected chi connectivity index (χ2v) is 5.59. The summed E-state index contributed by atoms with van der Waals surface area (Å²) in [5, 5.41) is 12.5. The number of carboxylic acids is 1. The third-order valence-corrected chi connectivity index (χ3v) is 4.05. The van der Waals surface area contributed by atoms with Crippen LogP contribution in [0.5, 0.6) is 0 Å². The third kappa shape index (κ3) is 3.00. The summed E-state index contributed by atoms with van der Waals surface area (Å²) in [5.74, 6) is -0.557. The van der Waals surface area contributed by atoms with Crippen molar-refractivity contribution in [1.29, 1.82) is 0 Å². The molecule has 0 fully saturated rings. The number of anilines is 1. The van der Waals surface area contributed by atoms with Gasteiger partial charge >= 0.3 is 5.97 Å². The molecule has 108 valence electrons. The van der Waals surface area contributed by atoms with Crippen LogP contribution in [0.1, 0.15) is 28.0 Å². The highest BCUT2D eigenvalue weighted by molar-refractivity contribution is 6.33. The Bertz CT molecular complexity index is 688. The van der Waals surface area contributed by atoms with Crippen LogP contribution >= 0.6 is 11.6 Å². The topological polar surface area (TPSA) is 62.2 Å². The first-order valence-electron chi connectivity index (χ1n) is 6.86. The van der Waals surface area contributed by atoms with Crippen molar-refractivity contribution in [3.05, 3.63) is 58.2 Å². The molecular weight excluding hydrogens is 288 g/mol. The van der Waals surface area contributed by atoms with E-state index in [1.807, 2.05) is 6.07 Å². The van der Waals surface area contributed by atoms with Gasteiger partial charge in [0.1, 0.15) is 5.82 Å². The van der Waals surface area contributed by atoms with Gasteiger partial charge in [-0.25, -0.2) is 9.78 Å². The zero-order chi connectivity index (χ0) is 14.8. The number of fused-ring (bicyclic) bond motifs is 1. The van der Waals surface area contributed by atoms with Crippen molar-refractivity contribution >= 4 is 23.4 Å². The second-order valence-electron chi connectivity index (χ2n) is 5.18. The lowest BCUT2D eigenvalue weighted by Gasteiger charge is -2.26. The third-order valence-electron chi connectivity index (χ3n) is 3.75. The van der Waals surface area contributed by atoms with Crippen LogP contribution < -0.4 is 5.32 Å². The molecule has 1 aromatic heterocycles. The summed E-state index contributed by atoms with van der Waals surface area (Å²) < 4.78 is 0. The molecule has 1 atom stereocenters. The van der Waals surface area contributed by atoms with E-state index in [1.165, 1.54) is 11.1 Å². The molecule has 2 aromatic rings. The maximum atomic E-state index is 11.1. The predicted octanol–water partition coefficient (Wildman–Crippen LogP) is 3.40. The first-order chi connectivity index (χ1) is 10.1. The van der Waals surface area contributed by atoms with E-state index in [0.717, 1.165) is 19.3 Å². The second kappa shape index (κ2) is 5.74. The van der Waals surface area contributed by atoms with Crippen molar-refractivity contribution in [3.8, 4) is 0 Å². The molecule has 0 spiro atoms. The van der Waals surface area contributed by atoms with Crippen LogP contribution in [0.15, 0.2) is 36.4 Å². The molecular formula is C16H15ClN2O2. The molecule has 1 heterocycles. The standard InChI is InChI=1S/C16H15ClN2O2/c17-13-7-8-14(19-15(13)16(20)21)18-12-6-5-10-3-1-2-4-11(10)9-12/h1-4,7-8,12H,5-6,9H2,(H,18,19)(H,20,21). The fraction of sp³-hybridized carbons (Fsp3) is 0.250. The number of nitrogens with zero attached hydrogens (tertiary/aromatic N) is 1. The van der Waals surface area contributed by atoms with Gasteiger partial charge in [-0.15, -0.1) is 0 Å². The molecule has 0 saturated heterocycles. The maximum Gasteiger partial charge on any atom is 0.356 e. The van der Waals surface area contributed by atoms with E-state index in [-0.39, 0.29) is 16.8 Å². The number of aromatic nitrogens is 1. The van der Waals surface area contributed by atoms with Crippen molar-refractivity contribution in [2.75, 3.05) is 5.32 Å². The fourth-order valence-electron chi connectivity index (χ4n) is 2.70. The Hall–Kier alpha value is -2.07. The molecule has 0 radical (unpaired) electrons. The van der Waals surface area contributed by atoms with Crippen LogP contribution in [-0.4, -0.2) is 22.1 Å². The lowest BCUT2D eigenvalue weighted by molar-refractivity contribution is 0.0691. The number of aryl methyl sites for hydroxylation is 1. The zero-order valence-electron chi connectivity index (χ0n) is 11.3. The van der Waals surface area contributed by atoms with Crippen LogP contribution in [0.25, 0.3) is 0 Å². The molecule has 0 bridgehead atoms. The number of aromatic carboxylic acids is 1. The molecule has 0 amide bonds. The average Bonchev–Trinajstić information content (AvgIpc) is 2.49. The smallest absolute Gasteiger partial charge is 0.356 e. The normalized spacial score (nSPS) is 17.1. The SMILES string of the molecule is O=C(O)c1nc(NC2CCc3ccccc3C2)ccc1Cl. The van der Waals surface area contributed by atoms with Crippen molar-refractivity contribution in [2.45, 2.75) is 25.3 Å². The number of pyridine rings is 1. The van der Waals surface area contributed by atoms with Gasteiger partial charge < -0.3 is 10.4 Å². The molecule has 1 aliphatic carbocycles. The molecule has 0 aliphatic heterocycles. The lowest BCUT2D eigenvalue weighted by atomic mass is 9.88. The quantitative estimate of drug-likeness (QED) is 0.912. The molecule has 1 unspecified atom stereocenters. The Kier molecular flexibility index (Phi) is 3.80. The van der Waals surface area contributed by atoms with E-state index in [9.17, 15) is 4.79 Å². The Morgan fingerprint density at radius 2 is 2.00 bits per heavy atom. The van der Waals surface area contributed by atoms with Gasteiger partial charge in [0.25, 0.3) is 0 Å². The number of carboxylic acid groups (broad SMARTS) is 1. The van der Waals surface area contributed by atoms with Gasteiger partial charge in [0, 0.05) is 6.04 Å². The van der Waals surface area contributed by atoms with Crippen molar-refractivity contribution < 1.29 is 9.90 Å². The molecule has 1 aliphatic rings. The zero-order valence-corrected chi connectivity index (χ0v) is 12.1. The van der Waals surface area contributed by atoms with Crippen LogP contribution in [0.4, 0.5) is 5.82 Å². The Labute approximate surface area is 127 Å². The summed E-state index contributed by atoms with van der Waals surface area (Å²) in [5.41, 5.74) is 2.62. The van der Waals surface area contributed by atoms with E-state index in [0.29, 0.717) is 5.82 Å². The summed E-state index contributed by atoms with van der Waals surface area (Å²) in [7, 11) is 0. The Balaban J connectivity index is 1.76. The van der Waals surface area contributed by atoms with Crippen LogP contribution in [0, 0.1) is 0 Å². The Morgan fingerprint density at radius 3 is 2.76 bits per heavy atom. The highest BCUT2D eigenvalue weighted by Gasteiger charge is 2.19. The van der Waals surface area contributed by atoms with Crippen molar-refractivity contribution in [1.82, 2.24) is 4.98 Å². The number of rotatable bonds is 3. The molecule has 21 heavy (non-hydrogen) atoms. The van der Waals surface area contributed by atoms with Crippen LogP contribution in [0.3, 0.4) is 0 Å². The summed E-state index contributed by atoms with van der Waals surface area (Å²) in [4.78, 5) is 15.1. The average molecular weight is 303 g/mol. The largest absolute Gasteiger partial charge is 0.476 e. The molecule has 3 rings (SSSR count). The monoisotopic (exact) mass is 302 g/mol. The van der Waals surface area contributed by atoms with Crippen LogP contribution in [0.2, 0.25) is 5.02 Å². The summed E-state index contributed by atoms with van der Waals surface area (Å²) >= 11 is 5.83. The van der Waals surface area contributed by atoms with Gasteiger partial charge in [0.2, 0.25) is 0 Å². The van der Waals surface area contributed by atoms with Gasteiger partial charge in [-0.1, -0.05) is 35.9 Å². The minimum absolute atomic E-state index is 0.113. The molecule has 4 nitrogen and oxygen atoms in total. The first-order valence-corrected chi connectivity index (χ1v) is 7.24. The summed E-state index contributed by atoms with van der Waals surface area (Å²) in [6.07, 6.45) is 2.94. The van der Waals surface area contributed by atoms with Crippen molar-refractivity contribution in [2.24, 2.45) is 0 Å². The van der Waals surface area contributed by atoms with Gasteiger partial charge in [0.05, 0.1) is 5.02 Å². The number of carbonyl (C=O) groups is 1. The predicted molar refractivity (Wildman–Crippen MR) is 82.1 cm³/mol. The van der Waals surface area contributed by atoms with E-state index in [2.05, 4.69) is 28.5 Å². The van der Waals surface area contributed by atoms with Gasteiger partial charge in [-0.05, 0) is 42.5 Å². The number of benzene rings is 1. The van der Waals surface area contributed by atoms with E-state index in [1.54, 1.807) is 12.1 Å². The minimum atomic E-state index is -1.11. The van der Waals surface area contributed by atoms with E-state index >= 15 is 0 Å². The highest BCUT2D eigenvalue weighted by atomic mass is 35.5. The number of hydrogen-bond donors (Lipinski definition) is 2. The van der Waals surface area contributed by atoms with Gasteiger partial charge in [-0.3, -0.25) is 0 Å². The fourth-order valence-corrected chi connectivity index (χ4v) is 2.89. The number of hydrogen-bond acceptors (Lipinski definition) is 3. The van der Waals surface area contributed by atoms with E-state index < -0.39 is 5.97 Å². The number of halogens is 1. The number of nitrogens with one attached hydrogen (secondary N) is 1. The molecule has 2 N–H and O–H groups in total. The lowest BCUT2D eigenvalue weighted by Crippen LogP contribution is -2.28. The van der Waals surface area contributed by atoms with Gasteiger partial charge in [-0.2, -0.15) is 0 Å². The van der Waals surface area contributed by atoms with Gasteiger partial charge in [0.15, 0.2) is 5.69 Å². The van der Waals surface area contributed by atoms with Crippen molar-refractivity contribution in [3.63, 3.8) is 0 Å². The molecule has 1 aromatic carbocycles. The molecule has 5 heteroatoms. The highest BCUT2D eigenvalue weighted by Crippen LogP contribution is 2.24. The van der Waals surface area contributed by atoms with Crippen LogP contribution in [-0.2, 0) is 12.8 Å². The van der Waals surface area contributed by atoms with E-state index in [4.69, 9.17) is 16.7 Å². The maximum absolute atomic E-state index is 11.1. The first kappa shape index (κ1) is 13.9. The summed E-state index contributed by atoms with van der Waals surface area (Å²) in [6.45, 7) is 0. The summed E-state index contributed by atoms with van der Waals surface area (Å²) in [6, 6.07) is 12.0. The minimum Gasteiger partial charge on any atom is -0.476 e. The Morgan fingerprint density at radius 1 is 1.24 bits per heavy atom. The molecule has 0 saturated carbocycles.